The monoisotopic (exact) mass is 273 g/mol. The quantitative estimate of drug-likeness (QED) is 0.834. The van der Waals surface area contributed by atoms with E-state index in [4.69, 9.17) is 11.6 Å². The SMILES string of the molecule is CN(Cc1ccccc1)C(=O)Cc1ccc(Cl)cc1. The van der Waals surface area contributed by atoms with Crippen molar-refractivity contribution in [2.24, 2.45) is 0 Å². The van der Waals surface area contributed by atoms with Crippen molar-refractivity contribution >= 4 is 17.5 Å². The summed E-state index contributed by atoms with van der Waals surface area (Å²) in [6.07, 6.45) is 0.403. The summed E-state index contributed by atoms with van der Waals surface area (Å²) < 4.78 is 0. The number of hydrogen-bond donors (Lipinski definition) is 0. The first-order valence-electron chi connectivity index (χ1n) is 6.17. The summed E-state index contributed by atoms with van der Waals surface area (Å²) in [5, 5.41) is 0.689. The summed E-state index contributed by atoms with van der Waals surface area (Å²) in [5.41, 5.74) is 2.11. The second-order valence-electron chi connectivity index (χ2n) is 4.54. The molecule has 2 nitrogen and oxygen atoms in total. The Hall–Kier alpha value is -1.80. The molecule has 0 aliphatic carbocycles. The zero-order valence-corrected chi connectivity index (χ0v) is 11.6. The highest BCUT2D eigenvalue weighted by Gasteiger charge is 2.09. The van der Waals surface area contributed by atoms with Gasteiger partial charge in [-0.05, 0) is 23.3 Å². The maximum absolute atomic E-state index is 12.1. The van der Waals surface area contributed by atoms with E-state index in [1.54, 1.807) is 17.0 Å². The van der Waals surface area contributed by atoms with Gasteiger partial charge in [-0.2, -0.15) is 0 Å². The van der Waals surface area contributed by atoms with Crippen LogP contribution in [0.4, 0.5) is 0 Å². The number of amides is 1. The first kappa shape index (κ1) is 13.6. The van der Waals surface area contributed by atoms with Crippen molar-refractivity contribution in [2.45, 2.75) is 13.0 Å². The van der Waals surface area contributed by atoms with E-state index in [1.165, 1.54) is 0 Å². The minimum atomic E-state index is 0.103. The highest BCUT2D eigenvalue weighted by atomic mass is 35.5. The van der Waals surface area contributed by atoms with E-state index in [1.807, 2.05) is 49.5 Å². The molecule has 0 heterocycles. The van der Waals surface area contributed by atoms with Gasteiger partial charge in [0.15, 0.2) is 0 Å². The smallest absolute Gasteiger partial charge is 0.227 e. The van der Waals surface area contributed by atoms with Crippen LogP contribution in [0, 0.1) is 0 Å². The highest BCUT2D eigenvalue weighted by molar-refractivity contribution is 6.30. The Morgan fingerprint density at radius 2 is 1.63 bits per heavy atom. The Kier molecular flexibility index (Phi) is 4.58. The highest BCUT2D eigenvalue weighted by Crippen LogP contribution is 2.11. The van der Waals surface area contributed by atoms with Crippen molar-refractivity contribution in [2.75, 3.05) is 7.05 Å². The Morgan fingerprint density at radius 1 is 1.00 bits per heavy atom. The van der Waals surface area contributed by atoms with Gasteiger partial charge in [0.25, 0.3) is 0 Å². The first-order valence-corrected chi connectivity index (χ1v) is 6.55. The first-order chi connectivity index (χ1) is 9.15. The Morgan fingerprint density at radius 3 is 2.26 bits per heavy atom. The van der Waals surface area contributed by atoms with Gasteiger partial charge in [-0.25, -0.2) is 0 Å². The predicted octanol–water partition coefficient (Wildman–Crippen LogP) is 3.54. The lowest BCUT2D eigenvalue weighted by molar-refractivity contribution is -0.129. The van der Waals surface area contributed by atoms with Crippen molar-refractivity contribution in [1.29, 1.82) is 0 Å². The molecule has 0 unspecified atom stereocenters. The summed E-state index contributed by atoms with van der Waals surface area (Å²) in [6.45, 7) is 0.632. The molecule has 19 heavy (non-hydrogen) atoms. The topological polar surface area (TPSA) is 20.3 Å². The molecule has 0 bridgehead atoms. The van der Waals surface area contributed by atoms with Crippen LogP contribution in [0.25, 0.3) is 0 Å². The van der Waals surface area contributed by atoms with Gasteiger partial charge >= 0.3 is 0 Å². The molecule has 0 aliphatic heterocycles. The summed E-state index contributed by atoms with van der Waals surface area (Å²) in [7, 11) is 1.82. The van der Waals surface area contributed by atoms with Gasteiger partial charge in [0.2, 0.25) is 5.91 Å². The molecule has 3 heteroatoms. The van der Waals surface area contributed by atoms with Gasteiger partial charge in [-0.1, -0.05) is 54.1 Å². The van der Waals surface area contributed by atoms with Crippen LogP contribution in [0.5, 0.6) is 0 Å². The maximum atomic E-state index is 12.1. The fourth-order valence-electron chi connectivity index (χ4n) is 1.86. The third kappa shape index (κ3) is 4.11. The molecule has 2 rings (SSSR count). The molecular weight excluding hydrogens is 258 g/mol. The number of benzene rings is 2. The Balaban J connectivity index is 1.94. The molecule has 0 saturated heterocycles. The summed E-state index contributed by atoms with van der Waals surface area (Å²) in [6, 6.07) is 17.4. The average molecular weight is 274 g/mol. The lowest BCUT2D eigenvalue weighted by atomic mass is 10.1. The largest absolute Gasteiger partial charge is 0.341 e. The summed E-state index contributed by atoms with van der Waals surface area (Å²) in [4.78, 5) is 13.8. The van der Waals surface area contributed by atoms with Crippen LogP contribution < -0.4 is 0 Å². The number of carbonyl (C=O) groups excluding carboxylic acids is 1. The van der Waals surface area contributed by atoms with Crippen LogP contribution in [-0.2, 0) is 17.8 Å². The number of nitrogens with zero attached hydrogens (tertiary/aromatic N) is 1. The van der Waals surface area contributed by atoms with Gasteiger partial charge in [0.05, 0.1) is 6.42 Å². The molecule has 0 N–H and O–H groups in total. The van der Waals surface area contributed by atoms with E-state index in [2.05, 4.69) is 0 Å². The molecule has 0 aliphatic rings. The molecule has 98 valence electrons. The fourth-order valence-corrected chi connectivity index (χ4v) is 1.98. The zero-order valence-electron chi connectivity index (χ0n) is 10.8. The standard InChI is InChI=1S/C16H16ClNO/c1-18(12-14-5-3-2-4-6-14)16(19)11-13-7-9-15(17)10-8-13/h2-10H,11-12H2,1H3. The number of hydrogen-bond acceptors (Lipinski definition) is 1. The van der Waals surface area contributed by atoms with E-state index in [0.29, 0.717) is 18.0 Å². The van der Waals surface area contributed by atoms with E-state index in [9.17, 15) is 4.79 Å². The van der Waals surface area contributed by atoms with E-state index in [0.717, 1.165) is 11.1 Å². The number of halogens is 1. The molecule has 0 radical (unpaired) electrons. The molecule has 2 aromatic carbocycles. The van der Waals surface area contributed by atoms with E-state index in [-0.39, 0.29) is 5.91 Å². The lowest BCUT2D eigenvalue weighted by Gasteiger charge is -2.17. The van der Waals surface area contributed by atoms with Crippen LogP contribution >= 0.6 is 11.6 Å². The van der Waals surface area contributed by atoms with Crippen LogP contribution in [0.1, 0.15) is 11.1 Å². The molecule has 0 atom stereocenters. The van der Waals surface area contributed by atoms with Gasteiger partial charge in [-0.3, -0.25) is 4.79 Å². The Bertz CT molecular complexity index is 536. The van der Waals surface area contributed by atoms with E-state index >= 15 is 0 Å². The van der Waals surface area contributed by atoms with Gasteiger partial charge < -0.3 is 4.90 Å². The van der Waals surface area contributed by atoms with Crippen LogP contribution in [0.15, 0.2) is 54.6 Å². The summed E-state index contributed by atoms with van der Waals surface area (Å²) >= 11 is 5.82. The van der Waals surface area contributed by atoms with Crippen molar-refractivity contribution in [1.82, 2.24) is 4.90 Å². The molecular formula is C16H16ClNO. The van der Waals surface area contributed by atoms with Crippen LogP contribution in [0.2, 0.25) is 5.02 Å². The normalized spacial score (nSPS) is 10.2. The molecule has 1 amide bonds. The zero-order chi connectivity index (χ0) is 13.7. The second kappa shape index (κ2) is 6.39. The Labute approximate surface area is 118 Å². The number of carbonyl (C=O) groups is 1. The van der Waals surface area contributed by atoms with Crippen molar-refractivity contribution in [3.63, 3.8) is 0 Å². The summed E-state index contributed by atoms with van der Waals surface area (Å²) in [5.74, 6) is 0.103. The van der Waals surface area contributed by atoms with Gasteiger partial charge in [-0.15, -0.1) is 0 Å². The number of likely N-dealkylation sites (N-methyl/N-ethyl adjacent to an activating group) is 1. The van der Waals surface area contributed by atoms with Crippen molar-refractivity contribution in [3.05, 3.63) is 70.7 Å². The van der Waals surface area contributed by atoms with Crippen molar-refractivity contribution in [3.8, 4) is 0 Å². The minimum absolute atomic E-state index is 0.103. The maximum Gasteiger partial charge on any atom is 0.227 e. The second-order valence-corrected chi connectivity index (χ2v) is 4.98. The molecule has 0 spiro atoms. The average Bonchev–Trinajstić information content (AvgIpc) is 2.42. The lowest BCUT2D eigenvalue weighted by Crippen LogP contribution is -2.27. The molecule has 2 aromatic rings. The van der Waals surface area contributed by atoms with E-state index < -0.39 is 0 Å². The molecule has 0 saturated carbocycles. The minimum Gasteiger partial charge on any atom is -0.341 e. The fraction of sp³-hybridized carbons (Fsp3) is 0.188. The third-order valence-corrected chi connectivity index (χ3v) is 3.21. The van der Waals surface area contributed by atoms with Crippen LogP contribution in [-0.4, -0.2) is 17.9 Å². The van der Waals surface area contributed by atoms with Crippen molar-refractivity contribution < 1.29 is 4.79 Å². The molecule has 0 fully saturated rings. The number of rotatable bonds is 4. The van der Waals surface area contributed by atoms with Gasteiger partial charge in [0, 0.05) is 18.6 Å². The predicted molar refractivity (Wildman–Crippen MR) is 78.1 cm³/mol. The van der Waals surface area contributed by atoms with Crippen LogP contribution in [0.3, 0.4) is 0 Å². The third-order valence-electron chi connectivity index (χ3n) is 2.96. The molecule has 0 aromatic heterocycles. The van der Waals surface area contributed by atoms with Gasteiger partial charge in [0.1, 0.15) is 0 Å².